The third-order valence-corrected chi connectivity index (χ3v) is 3.59. The SMILES string of the molecule is NC(Cc1ccccc1Br)c1c(F)cc(F)cc1F. The lowest BCUT2D eigenvalue weighted by Crippen LogP contribution is -2.17. The zero-order valence-corrected chi connectivity index (χ0v) is 11.4. The second kappa shape index (κ2) is 5.75. The second-order valence-corrected chi connectivity index (χ2v) is 5.04. The number of hydrogen-bond donors (Lipinski definition) is 1. The Morgan fingerprint density at radius 1 is 1.05 bits per heavy atom. The molecular weight excluding hydrogens is 319 g/mol. The molecule has 0 aliphatic carbocycles. The van der Waals surface area contributed by atoms with Crippen molar-refractivity contribution in [1.82, 2.24) is 0 Å². The molecule has 0 amide bonds. The molecule has 0 aromatic heterocycles. The van der Waals surface area contributed by atoms with E-state index in [1.165, 1.54) is 0 Å². The van der Waals surface area contributed by atoms with Gasteiger partial charge >= 0.3 is 0 Å². The van der Waals surface area contributed by atoms with Crippen molar-refractivity contribution in [2.24, 2.45) is 5.73 Å². The van der Waals surface area contributed by atoms with Crippen LogP contribution in [0.1, 0.15) is 17.2 Å². The monoisotopic (exact) mass is 329 g/mol. The molecule has 0 fully saturated rings. The standard InChI is InChI=1S/C14H11BrF3N/c15-10-4-2-1-3-8(10)5-13(19)14-11(17)6-9(16)7-12(14)18/h1-4,6-7,13H,5,19H2. The van der Waals surface area contributed by atoms with Crippen molar-refractivity contribution in [2.75, 3.05) is 0 Å². The van der Waals surface area contributed by atoms with Crippen LogP contribution in [0.3, 0.4) is 0 Å². The number of halogens is 4. The largest absolute Gasteiger partial charge is 0.323 e. The van der Waals surface area contributed by atoms with Crippen LogP contribution in [0.15, 0.2) is 40.9 Å². The van der Waals surface area contributed by atoms with E-state index in [2.05, 4.69) is 15.9 Å². The molecule has 2 aromatic carbocycles. The van der Waals surface area contributed by atoms with Crippen molar-refractivity contribution >= 4 is 15.9 Å². The predicted octanol–water partition coefficient (Wildman–Crippen LogP) is 4.11. The van der Waals surface area contributed by atoms with Crippen LogP contribution in [0, 0.1) is 17.5 Å². The Hall–Kier alpha value is -1.33. The van der Waals surface area contributed by atoms with Crippen LogP contribution in [-0.2, 0) is 6.42 Å². The van der Waals surface area contributed by atoms with Gasteiger partial charge in [-0.2, -0.15) is 0 Å². The third kappa shape index (κ3) is 3.16. The molecule has 0 saturated carbocycles. The van der Waals surface area contributed by atoms with Crippen molar-refractivity contribution in [3.63, 3.8) is 0 Å². The molecule has 0 aliphatic rings. The van der Waals surface area contributed by atoms with Crippen molar-refractivity contribution in [3.05, 3.63) is 69.4 Å². The fraction of sp³-hybridized carbons (Fsp3) is 0.143. The minimum Gasteiger partial charge on any atom is -0.323 e. The fourth-order valence-electron chi connectivity index (χ4n) is 1.91. The van der Waals surface area contributed by atoms with Crippen LogP contribution in [0.2, 0.25) is 0 Å². The summed E-state index contributed by atoms with van der Waals surface area (Å²) in [5, 5.41) is 0. The summed E-state index contributed by atoms with van der Waals surface area (Å²) in [5.41, 5.74) is 6.36. The minimum absolute atomic E-state index is 0.251. The lowest BCUT2D eigenvalue weighted by molar-refractivity contribution is 0.501. The van der Waals surface area contributed by atoms with Gasteiger partial charge in [0.15, 0.2) is 0 Å². The minimum atomic E-state index is -0.961. The Labute approximate surface area is 117 Å². The van der Waals surface area contributed by atoms with Crippen LogP contribution in [-0.4, -0.2) is 0 Å². The lowest BCUT2D eigenvalue weighted by Gasteiger charge is -2.15. The first-order valence-electron chi connectivity index (χ1n) is 5.62. The van der Waals surface area contributed by atoms with Gasteiger partial charge in [-0.25, -0.2) is 13.2 Å². The Morgan fingerprint density at radius 3 is 2.21 bits per heavy atom. The van der Waals surface area contributed by atoms with E-state index in [9.17, 15) is 13.2 Å². The van der Waals surface area contributed by atoms with Crippen LogP contribution >= 0.6 is 15.9 Å². The van der Waals surface area contributed by atoms with E-state index in [-0.39, 0.29) is 12.0 Å². The van der Waals surface area contributed by atoms with Gasteiger partial charge in [-0.3, -0.25) is 0 Å². The molecule has 1 atom stereocenters. The molecule has 0 bridgehead atoms. The van der Waals surface area contributed by atoms with Gasteiger partial charge in [0.2, 0.25) is 0 Å². The quantitative estimate of drug-likeness (QED) is 0.901. The molecule has 0 aliphatic heterocycles. The maximum atomic E-state index is 13.6. The van der Waals surface area contributed by atoms with Gasteiger partial charge in [0, 0.05) is 28.2 Å². The smallest absolute Gasteiger partial charge is 0.133 e. The first-order valence-corrected chi connectivity index (χ1v) is 6.41. The highest BCUT2D eigenvalue weighted by molar-refractivity contribution is 9.10. The van der Waals surface area contributed by atoms with Gasteiger partial charge in [-0.05, 0) is 18.1 Å². The normalized spacial score (nSPS) is 12.5. The first kappa shape index (κ1) is 14.1. The molecule has 0 heterocycles. The summed E-state index contributed by atoms with van der Waals surface area (Å²) >= 11 is 3.34. The van der Waals surface area contributed by atoms with Crippen LogP contribution in [0.4, 0.5) is 13.2 Å². The molecule has 2 N–H and O–H groups in total. The van der Waals surface area contributed by atoms with Crippen molar-refractivity contribution in [1.29, 1.82) is 0 Å². The lowest BCUT2D eigenvalue weighted by atomic mass is 9.98. The Balaban J connectivity index is 2.31. The number of benzene rings is 2. The van der Waals surface area contributed by atoms with E-state index >= 15 is 0 Å². The maximum Gasteiger partial charge on any atom is 0.133 e. The average molecular weight is 330 g/mol. The molecule has 2 rings (SSSR count). The summed E-state index contributed by atoms with van der Waals surface area (Å²) in [6, 6.07) is 7.67. The van der Waals surface area contributed by atoms with E-state index in [1.807, 2.05) is 24.3 Å². The summed E-state index contributed by atoms with van der Waals surface area (Å²) in [6.07, 6.45) is 0.251. The van der Waals surface area contributed by atoms with Gasteiger partial charge in [-0.1, -0.05) is 34.1 Å². The van der Waals surface area contributed by atoms with E-state index in [0.29, 0.717) is 12.1 Å². The topological polar surface area (TPSA) is 26.0 Å². The van der Waals surface area contributed by atoms with Crippen LogP contribution in [0.25, 0.3) is 0 Å². The molecule has 2 aromatic rings. The zero-order chi connectivity index (χ0) is 14.0. The van der Waals surface area contributed by atoms with Gasteiger partial charge in [-0.15, -0.1) is 0 Å². The predicted molar refractivity (Wildman–Crippen MR) is 71.1 cm³/mol. The van der Waals surface area contributed by atoms with Gasteiger partial charge in [0.05, 0.1) is 0 Å². The van der Waals surface area contributed by atoms with E-state index in [0.717, 1.165) is 10.0 Å². The fourth-order valence-corrected chi connectivity index (χ4v) is 2.36. The third-order valence-electron chi connectivity index (χ3n) is 2.81. The summed E-state index contributed by atoms with van der Waals surface area (Å²) in [4.78, 5) is 0. The first-order chi connectivity index (χ1) is 8.99. The van der Waals surface area contributed by atoms with Crippen LogP contribution < -0.4 is 5.73 Å². The molecule has 100 valence electrons. The highest BCUT2D eigenvalue weighted by Crippen LogP contribution is 2.26. The van der Waals surface area contributed by atoms with E-state index < -0.39 is 23.5 Å². The van der Waals surface area contributed by atoms with Gasteiger partial charge in [0.25, 0.3) is 0 Å². The molecule has 5 heteroatoms. The van der Waals surface area contributed by atoms with E-state index in [1.54, 1.807) is 0 Å². The average Bonchev–Trinajstić information content (AvgIpc) is 2.30. The Morgan fingerprint density at radius 2 is 1.63 bits per heavy atom. The number of rotatable bonds is 3. The molecule has 1 nitrogen and oxygen atoms in total. The van der Waals surface area contributed by atoms with Crippen molar-refractivity contribution in [2.45, 2.75) is 12.5 Å². The van der Waals surface area contributed by atoms with E-state index in [4.69, 9.17) is 5.73 Å². The zero-order valence-electron chi connectivity index (χ0n) is 9.84. The molecular formula is C14H11BrF3N. The molecule has 0 spiro atoms. The summed E-state index contributed by atoms with van der Waals surface area (Å²) in [6.45, 7) is 0. The Bertz CT molecular complexity index is 578. The second-order valence-electron chi connectivity index (χ2n) is 4.19. The summed E-state index contributed by atoms with van der Waals surface area (Å²) in [7, 11) is 0. The van der Waals surface area contributed by atoms with Gasteiger partial charge in [0.1, 0.15) is 17.5 Å². The highest BCUT2D eigenvalue weighted by atomic mass is 79.9. The number of nitrogens with two attached hydrogens (primary N) is 1. The Kier molecular flexibility index (Phi) is 4.27. The van der Waals surface area contributed by atoms with Crippen molar-refractivity contribution < 1.29 is 13.2 Å². The molecule has 0 saturated heterocycles. The molecule has 19 heavy (non-hydrogen) atoms. The van der Waals surface area contributed by atoms with Gasteiger partial charge < -0.3 is 5.73 Å². The number of hydrogen-bond acceptors (Lipinski definition) is 1. The maximum absolute atomic E-state index is 13.6. The summed E-state index contributed by atoms with van der Waals surface area (Å²) < 4.78 is 40.8. The van der Waals surface area contributed by atoms with Crippen LogP contribution in [0.5, 0.6) is 0 Å². The molecule has 0 radical (unpaired) electrons. The highest BCUT2D eigenvalue weighted by Gasteiger charge is 2.19. The van der Waals surface area contributed by atoms with Crippen molar-refractivity contribution in [3.8, 4) is 0 Å². The summed E-state index contributed by atoms with van der Waals surface area (Å²) in [5.74, 6) is -2.87. The molecule has 1 unspecified atom stereocenters.